The van der Waals surface area contributed by atoms with Gasteiger partial charge in [-0.2, -0.15) is 0 Å². The second kappa shape index (κ2) is 6.03. The SMILES string of the molecule is CC(CN)CC(=O)Cc1ccccc1Br. The van der Waals surface area contributed by atoms with Crippen LogP contribution in [0.1, 0.15) is 18.9 Å². The van der Waals surface area contributed by atoms with E-state index in [0.29, 0.717) is 19.4 Å². The third-order valence-corrected chi connectivity index (χ3v) is 3.10. The van der Waals surface area contributed by atoms with Crippen molar-refractivity contribution in [3.05, 3.63) is 34.3 Å². The minimum absolute atomic E-state index is 0.250. The molecular formula is C12H16BrNO. The van der Waals surface area contributed by atoms with Gasteiger partial charge in [0.1, 0.15) is 5.78 Å². The molecule has 0 amide bonds. The van der Waals surface area contributed by atoms with Crippen molar-refractivity contribution in [2.75, 3.05) is 6.54 Å². The second-order valence-electron chi connectivity index (χ2n) is 3.85. The van der Waals surface area contributed by atoms with Gasteiger partial charge in [0, 0.05) is 17.3 Å². The van der Waals surface area contributed by atoms with E-state index in [1.54, 1.807) is 0 Å². The lowest BCUT2D eigenvalue weighted by Gasteiger charge is -2.07. The van der Waals surface area contributed by atoms with Gasteiger partial charge in [0.15, 0.2) is 0 Å². The van der Waals surface area contributed by atoms with Crippen LogP contribution in [0.5, 0.6) is 0 Å². The first-order valence-corrected chi connectivity index (χ1v) is 5.88. The highest BCUT2D eigenvalue weighted by atomic mass is 79.9. The number of carbonyl (C=O) groups is 1. The van der Waals surface area contributed by atoms with Gasteiger partial charge in [0.05, 0.1) is 0 Å². The summed E-state index contributed by atoms with van der Waals surface area (Å²) >= 11 is 3.43. The van der Waals surface area contributed by atoms with Crippen LogP contribution in [0.2, 0.25) is 0 Å². The van der Waals surface area contributed by atoms with Gasteiger partial charge >= 0.3 is 0 Å². The molecule has 0 aliphatic carbocycles. The number of nitrogens with two attached hydrogens (primary N) is 1. The van der Waals surface area contributed by atoms with E-state index in [9.17, 15) is 4.79 Å². The topological polar surface area (TPSA) is 43.1 Å². The van der Waals surface area contributed by atoms with Crippen LogP contribution in [0, 0.1) is 5.92 Å². The lowest BCUT2D eigenvalue weighted by Crippen LogP contribution is -2.16. The highest BCUT2D eigenvalue weighted by Gasteiger charge is 2.09. The molecule has 0 aromatic heterocycles. The van der Waals surface area contributed by atoms with Crippen molar-refractivity contribution in [3.63, 3.8) is 0 Å². The van der Waals surface area contributed by atoms with Crippen molar-refractivity contribution < 1.29 is 4.79 Å². The van der Waals surface area contributed by atoms with Gasteiger partial charge in [-0.1, -0.05) is 41.1 Å². The molecule has 1 atom stereocenters. The highest BCUT2D eigenvalue weighted by Crippen LogP contribution is 2.17. The van der Waals surface area contributed by atoms with Gasteiger partial charge in [-0.15, -0.1) is 0 Å². The van der Waals surface area contributed by atoms with Crippen LogP contribution in [0.25, 0.3) is 0 Å². The molecule has 0 aliphatic rings. The first kappa shape index (κ1) is 12.4. The fraction of sp³-hybridized carbons (Fsp3) is 0.417. The lowest BCUT2D eigenvalue weighted by atomic mass is 10.00. The van der Waals surface area contributed by atoms with Gasteiger partial charge in [-0.3, -0.25) is 4.79 Å². The zero-order valence-electron chi connectivity index (χ0n) is 8.87. The van der Waals surface area contributed by atoms with Crippen LogP contribution in [-0.2, 0) is 11.2 Å². The van der Waals surface area contributed by atoms with Crippen LogP contribution in [-0.4, -0.2) is 12.3 Å². The first-order chi connectivity index (χ1) is 7.13. The number of hydrogen-bond donors (Lipinski definition) is 1. The van der Waals surface area contributed by atoms with Gasteiger partial charge < -0.3 is 5.73 Å². The highest BCUT2D eigenvalue weighted by molar-refractivity contribution is 9.10. The maximum Gasteiger partial charge on any atom is 0.137 e. The van der Waals surface area contributed by atoms with Gasteiger partial charge in [0.2, 0.25) is 0 Å². The summed E-state index contributed by atoms with van der Waals surface area (Å²) in [5, 5.41) is 0. The molecule has 2 nitrogen and oxygen atoms in total. The summed E-state index contributed by atoms with van der Waals surface area (Å²) in [4.78, 5) is 11.7. The van der Waals surface area contributed by atoms with Crippen molar-refractivity contribution in [3.8, 4) is 0 Å². The third-order valence-electron chi connectivity index (χ3n) is 2.32. The first-order valence-electron chi connectivity index (χ1n) is 5.08. The molecule has 0 saturated heterocycles. The number of halogens is 1. The molecule has 1 unspecified atom stereocenters. The summed E-state index contributed by atoms with van der Waals surface area (Å²) in [6, 6.07) is 7.81. The summed E-state index contributed by atoms with van der Waals surface area (Å²) in [6.45, 7) is 2.57. The van der Waals surface area contributed by atoms with Crippen LogP contribution < -0.4 is 5.73 Å². The molecule has 0 fully saturated rings. The summed E-state index contributed by atoms with van der Waals surface area (Å²) in [5.41, 5.74) is 6.53. The molecule has 1 rings (SSSR count). The van der Waals surface area contributed by atoms with E-state index >= 15 is 0 Å². The van der Waals surface area contributed by atoms with Gasteiger partial charge in [0.25, 0.3) is 0 Å². The monoisotopic (exact) mass is 269 g/mol. The molecule has 0 spiro atoms. The van der Waals surface area contributed by atoms with Crippen LogP contribution in [0.4, 0.5) is 0 Å². The normalized spacial score (nSPS) is 12.5. The van der Waals surface area contributed by atoms with Crippen molar-refractivity contribution in [2.24, 2.45) is 11.7 Å². The van der Waals surface area contributed by atoms with Crippen LogP contribution in [0.15, 0.2) is 28.7 Å². The minimum atomic E-state index is 0.250. The largest absolute Gasteiger partial charge is 0.330 e. The van der Waals surface area contributed by atoms with E-state index in [1.807, 2.05) is 31.2 Å². The van der Waals surface area contributed by atoms with Crippen LogP contribution >= 0.6 is 15.9 Å². The van der Waals surface area contributed by atoms with Crippen molar-refractivity contribution in [1.29, 1.82) is 0 Å². The molecule has 0 saturated carbocycles. The Morgan fingerprint density at radius 1 is 1.47 bits per heavy atom. The zero-order valence-corrected chi connectivity index (χ0v) is 10.5. The molecular weight excluding hydrogens is 254 g/mol. The number of ketones is 1. The maximum atomic E-state index is 11.7. The average Bonchev–Trinajstić information content (AvgIpc) is 2.21. The average molecular weight is 270 g/mol. The molecule has 2 N–H and O–H groups in total. The van der Waals surface area contributed by atoms with E-state index in [2.05, 4.69) is 15.9 Å². The lowest BCUT2D eigenvalue weighted by molar-refractivity contribution is -0.119. The molecule has 1 aromatic carbocycles. The smallest absolute Gasteiger partial charge is 0.137 e. The molecule has 3 heteroatoms. The van der Waals surface area contributed by atoms with E-state index < -0.39 is 0 Å². The Morgan fingerprint density at radius 2 is 2.13 bits per heavy atom. The molecule has 0 aliphatic heterocycles. The Morgan fingerprint density at radius 3 is 2.73 bits per heavy atom. The Kier molecular flexibility index (Phi) is 4.99. The van der Waals surface area contributed by atoms with Gasteiger partial charge in [-0.25, -0.2) is 0 Å². The molecule has 1 aromatic rings. The van der Waals surface area contributed by atoms with E-state index in [-0.39, 0.29) is 11.7 Å². The molecule has 0 bridgehead atoms. The quantitative estimate of drug-likeness (QED) is 0.893. The Bertz CT molecular complexity index is 338. The molecule has 82 valence electrons. The number of carbonyl (C=O) groups excluding carboxylic acids is 1. The van der Waals surface area contributed by atoms with Crippen molar-refractivity contribution >= 4 is 21.7 Å². The van der Waals surface area contributed by atoms with Crippen molar-refractivity contribution in [2.45, 2.75) is 19.8 Å². The summed E-state index contributed by atoms with van der Waals surface area (Å²) in [6.07, 6.45) is 1.06. The summed E-state index contributed by atoms with van der Waals surface area (Å²) < 4.78 is 0.999. The van der Waals surface area contributed by atoms with E-state index in [0.717, 1.165) is 10.0 Å². The summed E-state index contributed by atoms with van der Waals surface area (Å²) in [5.74, 6) is 0.528. The molecule has 0 radical (unpaired) electrons. The van der Waals surface area contributed by atoms with E-state index in [1.165, 1.54) is 0 Å². The molecule has 15 heavy (non-hydrogen) atoms. The maximum absolute atomic E-state index is 11.7. The standard InChI is InChI=1S/C12H16BrNO/c1-9(8-14)6-11(15)7-10-4-2-3-5-12(10)13/h2-5,9H,6-8,14H2,1H3. The van der Waals surface area contributed by atoms with Gasteiger partial charge in [-0.05, 0) is 24.1 Å². The van der Waals surface area contributed by atoms with Crippen molar-refractivity contribution in [1.82, 2.24) is 0 Å². The predicted molar refractivity (Wildman–Crippen MR) is 65.7 cm³/mol. The fourth-order valence-electron chi connectivity index (χ4n) is 1.40. The Balaban J connectivity index is 2.55. The number of Topliss-reactive ketones (excluding diaryl/α,β-unsaturated/α-hetero) is 1. The summed E-state index contributed by atoms with van der Waals surface area (Å²) in [7, 11) is 0. The molecule has 0 heterocycles. The van der Waals surface area contributed by atoms with E-state index in [4.69, 9.17) is 5.73 Å². The Labute approximate surface area is 99.0 Å². The number of hydrogen-bond acceptors (Lipinski definition) is 2. The zero-order chi connectivity index (χ0) is 11.3. The third kappa shape index (κ3) is 4.14. The second-order valence-corrected chi connectivity index (χ2v) is 4.71. The predicted octanol–water partition coefficient (Wildman–Crippen LogP) is 2.55. The number of rotatable bonds is 5. The van der Waals surface area contributed by atoms with Crippen LogP contribution in [0.3, 0.4) is 0 Å². The fourth-order valence-corrected chi connectivity index (χ4v) is 1.82. The number of benzene rings is 1. The Hall–Kier alpha value is -0.670. The minimum Gasteiger partial charge on any atom is -0.330 e.